The lowest BCUT2D eigenvalue weighted by Crippen LogP contribution is -2.40. The molecule has 0 spiro atoms. The van der Waals surface area contributed by atoms with Gasteiger partial charge in [0.2, 0.25) is 5.91 Å². The summed E-state index contributed by atoms with van der Waals surface area (Å²) in [5.41, 5.74) is 2.28. The van der Waals surface area contributed by atoms with Gasteiger partial charge in [0, 0.05) is 30.1 Å². The van der Waals surface area contributed by atoms with Crippen molar-refractivity contribution < 1.29 is 9.59 Å². The van der Waals surface area contributed by atoms with Crippen molar-refractivity contribution in [3.8, 4) is 0 Å². The number of amides is 1. The Morgan fingerprint density at radius 2 is 1.65 bits per heavy atom. The number of Topliss-reactive ketones (excluding diaryl/α,β-unsaturated/α-hetero) is 1. The minimum Gasteiger partial charge on any atom is -0.352 e. The summed E-state index contributed by atoms with van der Waals surface area (Å²) in [5.74, 6) is -0.270. The van der Waals surface area contributed by atoms with E-state index in [1.54, 1.807) is 35.7 Å². The summed E-state index contributed by atoms with van der Waals surface area (Å²) >= 11 is 7.17. The molecule has 1 N–H and O–H groups in total. The number of thiophene rings is 1. The lowest BCUT2D eigenvalue weighted by Gasteiger charge is -2.12. The predicted molar refractivity (Wildman–Crippen MR) is 148 cm³/mol. The van der Waals surface area contributed by atoms with Crippen LogP contribution in [0.15, 0.2) is 69.6 Å². The standard InChI is InChI=1S/C28H28ClN3O4S/c1-19-6-8-20(9-7-19)17-30-25(34)5-3-2-4-15-31-27(35)26-23(14-16-37-26)32(28(31)36)18-24(33)21-10-12-22(29)13-11-21/h6-14,16H,2-5,15,17-18H2,1H3,(H,30,34). The smallest absolute Gasteiger partial charge is 0.331 e. The monoisotopic (exact) mass is 537 g/mol. The molecule has 0 radical (unpaired) electrons. The second-order valence-corrected chi connectivity index (χ2v) is 10.3. The Hall–Kier alpha value is -3.49. The van der Waals surface area contributed by atoms with Gasteiger partial charge in [0.1, 0.15) is 4.70 Å². The Labute approximate surface area is 223 Å². The Kier molecular flexibility index (Phi) is 8.74. The van der Waals surface area contributed by atoms with Gasteiger partial charge in [-0.1, -0.05) is 47.9 Å². The molecule has 7 nitrogen and oxygen atoms in total. The molecule has 1 amide bonds. The van der Waals surface area contributed by atoms with Crippen molar-refractivity contribution in [3.63, 3.8) is 0 Å². The third-order valence-corrected chi connectivity index (χ3v) is 7.34. The van der Waals surface area contributed by atoms with E-state index in [9.17, 15) is 19.2 Å². The Balaban J connectivity index is 1.36. The minimum atomic E-state index is -0.506. The minimum absolute atomic E-state index is 0.0270. The van der Waals surface area contributed by atoms with Gasteiger partial charge in [0.25, 0.3) is 5.56 Å². The highest BCUT2D eigenvalue weighted by Crippen LogP contribution is 2.17. The number of carbonyl (C=O) groups excluding carboxylic acids is 2. The van der Waals surface area contributed by atoms with E-state index in [1.807, 2.05) is 31.2 Å². The number of ketones is 1. The van der Waals surface area contributed by atoms with E-state index >= 15 is 0 Å². The number of aromatic nitrogens is 2. The van der Waals surface area contributed by atoms with Crippen molar-refractivity contribution in [1.82, 2.24) is 14.5 Å². The normalized spacial score (nSPS) is 11.1. The summed E-state index contributed by atoms with van der Waals surface area (Å²) in [5, 5.41) is 5.18. The molecule has 0 saturated carbocycles. The molecule has 0 bridgehead atoms. The van der Waals surface area contributed by atoms with E-state index in [-0.39, 0.29) is 30.3 Å². The largest absolute Gasteiger partial charge is 0.352 e. The van der Waals surface area contributed by atoms with Gasteiger partial charge in [0.15, 0.2) is 5.78 Å². The first-order chi connectivity index (χ1) is 17.8. The summed E-state index contributed by atoms with van der Waals surface area (Å²) in [6.07, 6.45) is 2.29. The van der Waals surface area contributed by atoms with Crippen LogP contribution >= 0.6 is 22.9 Å². The molecule has 0 aliphatic carbocycles. The molecule has 0 aliphatic rings. The molecule has 2 aromatic carbocycles. The Bertz CT molecular complexity index is 1520. The summed E-state index contributed by atoms with van der Waals surface area (Å²) in [6.45, 7) is 2.57. The van der Waals surface area contributed by atoms with Crippen molar-refractivity contribution in [2.24, 2.45) is 0 Å². The van der Waals surface area contributed by atoms with Crippen molar-refractivity contribution in [1.29, 1.82) is 0 Å². The fraction of sp³-hybridized carbons (Fsp3) is 0.286. The molecule has 4 rings (SSSR count). The second kappa shape index (κ2) is 12.2. The summed E-state index contributed by atoms with van der Waals surface area (Å²) in [6, 6.07) is 16.2. The summed E-state index contributed by atoms with van der Waals surface area (Å²) < 4.78 is 3.01. The van der Waals surface area contributed by atoms with Crippen LogP contribution in [0.1, 0.15) is 47.2 Å². The lowest BCUT2D eigenvalue weighted by molar-refractivity contribution is -0.121. The van der Waals surface area contributed by atoms with Crippen molar-refractivity contribution >= 4 is 44.8 Å². The SMILES string of the molecule is Cc1ccc(CNC(=O)CCCCCn2c(=O)c3sccc3n(CC(=O)c3ccc(Cl)cc3)c2=O)cc1. The number of hydrogen-bond donors (Lipinski definition) is 1. The molecule has 9 heteroatoms. The average Bonchev–Trinajstić information content (AvgIpc) is 3.38. The maximum absolute atomic E-state index is 13.2. The Morgan fingerprint density at radius 3 is 2.38 bits per heavy atom. The van der Waals surface area contributed by atoms with Crippen molar-refractivity contribution in [3.05, 3.63) is 103 Å². The molecule has 0 aliphatic heterocycles. The molecular formula is C28H28ClN3O4S. The molecular weight excluding hydrogens is 510 g/mol. The second-order valence-electron chi connectivity index (χ2n) is 8.96. The van der Waals surface area contributed by atoms with Crippen LogP contribution in [-0.4, -0.2) is 20.8 Å². The van der Waals surface area contributed by atoms with Gasteiger partial charge in [0.05, 0.1) is 12.1 Å². The highest BCUT2D eigenvalue weighted by atomic mass is 35.5. The van der Waals surface area contributed by atoms with Crippen LogP contribution in [-0.2, 0) is 24.4 Å². The quantitative estimate of drug-likeness (QED) is 0.216. The number of fused-ring (bicyclic) bond motifs is 1. The fourth-order valence-corrected chi connectivity index (χ4v) is 5.05. The van der Waals surface area contributed by atoms with Gasteiger partial charge in [-0.25, -0.2) is 4.79 Å². The number of unbranched alkanes of at least 4 members (excludes halogenated alkanes) is 2. The molecule has 2 heterocycles. The van der Waals surface area contributed by atoms with Gasteiger partial charge >= 0.3 is 5.69 Å². The molecule has 192 valence electrons. The fourth-order valence-electron chi connectivity index (χ4n) is 4.08. The maximum Gasteiger partial charge on any atom is 0.331 e. The third kappa shape index (κ3) is 6.64. The van der Waals surface area contributed by atoms with Crippen molar-refractivity contribution in [2.75, 3.05) is 0 Å². The topological polar surface area (TPSA) is 90.2 Å². The van der Waals surface area contributed by atoms with E-state index in [1.165, 1.54) is 26.0 Å². The molecule has 0 atom stereocenters. The molecule has 0 unspecified atom stereocenters. The van der Waals surface area contributed by atoms with Gasteiger partial charge in [-0.3, -0.25) is 23.5 Å². The predicted octanol–water partition coefficient (Wildman–Crippen LogP) is 4.95. The first kappa shape index (κ1) is 26.6. The van der Waals surface area contributed by atoms with Crippen LogP contribution in [0.3, 0.4) is 0 Å². The first-order valence-electron chi connectivity index (χ1n) is 12.2. The number of rotatable bonds is 11. The number of nitrogens with one attached hydrogen (secondary N) is 1. The molecule has 2 aromatic heterocycles. The molecule has 0 saturated heterocycles. The molecule has 4 aromatic rings. The highest BCUT2D eigenvalue weighted by Gasteiger charge is 2.17. The van der Waals surface area contributed by atoms with Crippen LogP contribution < -0.4 is 16.6 Å². The van der Waals surface area contributed by atoms with Crippen LogP contribution in [0, 0.1) is 6.92 Å². The van der Waals surface area contributed by atoms with Crippen LogP contribution in [0.25, 0.3) is 10.2 Å². The maximum atomic E-state index is 13.2. The summed E-state index contributed by atoms with van der Waals surface area (Å²) in [7, 11) is 0. The van der Waals surface area contributed by atoms with Crippen LogP contribution in [0.4, 0.5) is 0 Å². The number of benzene rings is 2. The molecule has 0 fully saturated rings. The van der Waals surface area contributed by atoms with Gasteiger partial charge in [-0.2, -0.15) is 0 Å². The Morgan fingerprint density at radius 1 is 0.919 bits per heavy atom. The van der Waals surface area contributed by atoms with Gasteiger partial charge in [-0.05, 0) is 61.0 Å². The number of carbonyl (C=O) groups is 2. The zero-order valence-electron chi connectivity index (χ0n) is 20.5. The van der Waals surface area contributed by atoms with E-state index in [0.717, 1.165) is 5.56 Å². The number of aryl methyl sites for hydroxylation is 1. The van der Waals surface area contributed by atoms with E-state index in [2.05, 4.69) is 5.32 Å². The first-order valence-corrected chi connectivity index (χ1v) is 13.4. The summed E-state index contributed by atoms with van der Waals surface area (Å²) in [4.78, 5) is 51.2. The van der Waals surface area contributed by atoms with Crippen LogP contribution in [0.5, 0.6) is 0 Å². The van der Waals surface area contributed by atoms with Gasteiger partial charge in [-0.15, -0.1) is 11.3 Å². The van der Waals surface area contributed by atoms with E-state index < -0.39 is 5.69 Å². The van der Waals surface area contributed by atoms with Crippen molar-refractivity contribution in [2.45, 2.75) is 52.2 Å². The highest BCUT2D eigenvalue weighted by molar-refractivity contribution is 7.17. The third-order valence-electron chi connectivity index (χ3n) is 6.20. The van der Waals surface area contributed by atoms with E-state index in [0.29, 0.717) is 53.0 Å². The van der Waals surface area contributed by atoms with E-state index in [4.69, 9.17) is 11.6 Å². The number of nitrogens with zero attached hydrogens (tertiary/aromatic N) is 2. The molecule has 37 heavy (non-hydrogen) atoms. The average molecular weight is 538 g/mol. The van der Waals surface area contributed by atoms with Gasteiger partial charge < -0.3 is 5.32 Å². The van der Waals surface area contributed by atoms with Crippen LogP contribution in [0.2, 0.25) is 5.02 Å². The number of hydrogen-bond acceptors (Lipinski definition) is 5. The number of halogens is 1. The zero-order chi connectivity index (χ0) is 26.4. The zero-order valence-corrected chi connectivity index (χ0v) is 22.1. The lowest BCUT2D eigenvalue weighted by atomic mass is 10.1.